The number of benzene rings is 2. The van der Waals surface area contributed by atoms with Crippen LogP contribution in [0, 0.1) is 11.3 Å². The molecule has 3 aromatic rings. The summed E-state index contributed by atoms with van der Waals surface area (Å²) >= 11 is 5.90. The molecular formula is C20H17ClN4O3S. The average molecular weight is 429 g/mol. The third kappa shape index (κ3) is 4.03. The van der Waals surface area contributed by atoms with E-state index in [1.807, 2.05) is 18.2 Å². The van der Waals surface area contributed by atoms with Gasteiger partial charge in [-0.15, -0.1) is 0 Å². The minimum absolute atomic E-state index is 0.0247. The minimum Gasteiger partial charge on any atom is -0.334 e. The van der Waals surface area contributed by atoms with E-state index in [2.05, 4.69) is 10.1 Å². The van der Waals surface area contributed by atoms with E-state index in [0.717, 1.165) is 5.56 Å². The van der Waals surface area contributed by atoms with Crippen molar-refractivity contribution in [2.75, 3.05) is 13.1 Å². The van der Waals surface area contributed by atoms with Crippen molar-refractivity contribution in [1.29, 1.82) is 5.26 Å². The average Bonchev–Trinajstić information content (AvgIpc) is 3.24. The molecule has 0 radical (unpaired) electrons. The molecule has 2 heterocycles. The molecule has 29 heavy (non-hydrogen) atoms. The zero-order valence-electron chi connectivity index (χ0n) is 15.3. The topological polar surface area (TPSA) is 100 Å². The maximum absolute atomic E-state index is 12.9. The molecule has 0 N–H and O–H groups in total. The molecule has 1 aliphatic heterocycles. The van der Waals surface area contributed by atoms with Crippen LogP contribution in [0.1, 0.15) is 30.1 Å². The van der Waals surface area contributed by atoms with E-state index in [-0.39, 0.29) is 10.8 Å². The second-order valence-corrected chi connectivity index (χ2v) is 9.16. The molecule has 1 saturated heterocycles. The van der Waals surface area contributed by atoms with Gasteiger partial charge in [-0.1, -0.05) is 22.8 Å². The zero-order valence-corrected chi connectivity index (χ0v) is 16.9. The number of nitriles is 1. The lowest BCUT2D eigenvalue weighted by Crippen LogP contribution is -2.38. The van der Waals surface area contributed by atoms with Crippen LogP contribution < -0.4 is 0 Å². The van der Waals surface area contributed by atoms with E-state index in [4.69, 9.17) is 21.4 Å². The predicted molar refractivity (Wildman–Crippen MR) is 107 cm³/mol. The van der Waals surface area contributed by atoms with Gasteiger partial charge in [-0.2, -0.15) is 14.6 Å². The maximum Gasteiger partial charge on any atom is 0.257 e. The van der Waals surface area contributed by atoms with Crippen molar-refractivity contribution in [3.05, 3.63) is 64.9 Å². The maximum atomic E-state index is 12.9. The minimum atomic E-state index is -3.64. The lowest BCUT2D eigenvalue weighted by molar-refractivity contribution is 0.307. The number of sulfonamides is 1. The van der Waals surface area contributed by atoms with Crippen LogP contribution in [0.4, 0.5) is 0 Å². The van der Waals surface area contributed by atoms with Crippen LogP contribution in [-0.2, 0) is 10.0 Å². The van der Waals surface area contributed by atoms with Crippen LogP contribution in [0.3, 0.4) is 0 Å². The summed E-state index contributed by atoms with van der Waals surface area (Å²) in [5, 5.41) is 13.7. The lowest BCUT2D eigenvalue weighted by atomic mass is 9.97. The summed E-state index contributed by atoms with van der Waals surface area (Å²) in [7, 11) is -3.64. The summed E-state index contributed by atoms with van der Waals surface area (Å²) in [6.07, 6.45) is 1.19. The number of hydrogen-bond donors (Lipinski definition) is 0. The van der Waals surface area contributed by atoms with Crippen molar-refractivity contribution in [3.63, 3.8) is 0 Å². The van der Waals surface area contributed by atoms with Gasteiger partial charge in [-0.25, -0.2) is 8.42 Å². The molecule has 0 bridgehead atoms. The molecule has 1 aromatic heterocycles. The number of rotatable bonds is 4. The van der Waals surface area contributed by atoms with Gasteiger partial charge >= 0.3 is 0 Å². The summed E-state index contributed by atoms with van der Waals surface area (Å²) in [4.78, 5) is 4.62. The summed E-state index contributed by atoms with van der Waals surface area (Å²) in [5.74, 6) is 1.02. The van der Waals surface area contributed by atoms with Gasteiger partial charge in [0.05, 0.1) is 16.5 Å². The van der Waals surface area contributed by atoms with Gasteiger partial charge in [0.15, 0.2) is 5.82 Å². The van der Waals surface area contributed by atoms with Crippen molar-refractivity contribution in [2.45, 2.75) is 23.7 Å². The molecule has 0 saturated carbocycles. The van der Waals surface area contributed by atoms with Crippen molar-refractivity contribution < 1.29 is 12.9 Å². The molecule has 2 aromatic carbocycles. The Bertz CT molecular complexity index is 1160. The Balaban J connectivity index is 1.46. The summed E-state index contributed by atoms with van der Waals surface area (Å²) in [6.45, 7) is 0.712. The van der Waals surface area contributed by atoms with E-state index in [0.29, 0.717) is 48.2 Å². The lowest BCUT2D eigenvalue weighted by Gasteiger charge is -2.29. The highest BCUT2D eigenvalue weighted by atomic mass is 35.5. The number of hydrogen-bond acceptors (Lipinski definition) is 6. The summed E-state index contributed by atoms with van der Waals surface area (Å²) < 4.78 is 32.6. The molecule has 1 aliphatic rings. The Morgan fingerprint density at radius 2 is 1.86 bits per heavy atom. The number of nitrogens with zero attached hydrogens (tertiary/aromatic N) is 4. The molecule has 0 spiro atoms. The van der Waals surface area contributed by atoms with Crippen molar-refractivity contribution >= 4 is 21.6 Å². The van der Waals surface area contributed by atoms with Crippen molar-refractivity contribution in [2.24, 2.45) is 0 Å². The monoisotopic (exact) mass is 428 g/mol. The number of halogens is 1. The van der Waals surface area contributed by atoms with Crippen LogP contribution in [0.5, 0.6) is 0 Å². The molecule has 9 heteroatoms. The molecule has 7 nitrogen and oxygen atoms in total. The first kappa shape index (κ1) is 19.6. The van der Waals surface area contributed by atoms with E-state index in [1.165, 1.54) is 16.4 Å². The summed E-state index contributed by atoms with van der Waals surface area (Å²) in [5.41, 5.74) is 1.10. The number of aromatic nitrogens is 2. The van der Waals surface area contributed by atoms with Crippen LogP contribution in [0.25, 0.3) is 11.5 Å². The highest BCUT2D eigenvalue weighted by Crippen LogP contribution is 2.31. The number of piperidine rings is 1. The third-order valence-corrected chi connectivity index (χ3v) is 7.10. The first-order valence-electron chi connectivity index (χ1n) is 9.07. The Morgan fingerprint density at radius 3 is 2.55 bits per heavy atom. The molecule has 0 amide bonds. The van der Waals surface area contributed by atoms with E-state index in [9.17, 15) is 8.42 Å². The smallest absolute Gasteiger partial charge is 0.257 e. The molecule has 0 unspecified atom stereocenters. The standard InChI is InChI=1S/C20H17ClN4O3S/c21-17-6-4-16(5-7-17)20-23-19(24-28-20)15-8-10-25(11-9-15)29(26,27)18-3-1-2-14(12-18)13-22/h1-7,12,15H,8-11H2. The Kier molecular flexibility index (Phi) is 5.37. The highest BCUT2D eigenvalue weighted by molar-refractivity contribution is 7.89. The van der Waals surface area contributed by atoms with E-state index in [1.54, 1.807) is 24.3 Å². The summed E-state index contributed by atoms with van der Waals surface area (Å²) in [6, 6.07) is 15.2. The van der Waals surface area contributed by atoms with Crippen LogP contribution >= 0.6 is 11.6 Å². The van der Waals surface area contributed by atoms with Gasteiger partial charge in [0.1, 0.15) is 0 Å². The first-order valence-corrected chi connectivity index (χ1v) is 10.9. The molecule has 148 valence electrons. The molecular weight excluding hydrogens is 412 g/mol. The molecule has 1 fully saturated rings. The zero-order chi connectivity index (χ0) is 20.4. The Labute approximate surface area is 173 Å². The SMILES string of the molecule is N#Cc1cccc(S(=O)(=O)N2CCC(c3noc(-c4ccc(Cl)cc4)n3)CC2)c1. The van der Waals surface area contributed by atoms with E-state index >= 15 is 0 Å². The normalized spacial score (nSPS) is 15.9. The van der Waals surface area contributed by atoms with Gasteiger partial charge in [0.2, 0.25) is 10.0 Å². The van der Waals surface area contributed by atoms with Crippen LogP contribution in [-0.4, -0.2) is 36.0 Å². The highest BCUT2D eigenvalue weighted by Gasteiger charge is 2.32. The van der Waals surface area contributed by atoms with E-state index < -0.39 is 10.0 Å². The molecule has 0 aliphatic carbocycles. The Morgan fingerprint density at radius 1 is 1.14 bits per heavy atom. The Hall–Kier alpha value is -2.73. The van der Waals surface area contributed by atoms with Gasteiger partial charge < -0.3 is 4.52 Å². The quantitative estimate of drug-likeness (QED) is 0.626. The molecule has 4 rings (SSSR count). The van der Waals surface area contributed by atoms with Gasteiger partial charge in [0, 0.05) is 29.6 Å². The first-order chi connectivity index (χ1) is 14.0. The van der Waals surface area contributed by atoms with Crippen molar-refractivity contribution in [3.8, 4) is 17.5 Å². The molecule has 0 atom stereocenters. The van der Waals surface area contributed by atoms with Gasteiger partial charge in [-0.05, 0) is 55.3 Å². The largest absolute Gasteiger partial charge is 0.334 e. The van der Waals surface area contributed by atoms with Gasteiger partial charge in [-0.3, -0.25) is 0 Å². The van der Waals surface area contributed by atoms with Crippen LogP contribution in [0.2, 0.25) is 5.02 Å². The van der Waals surface area contributed by atoms with Crippen LogP contribution in [0.15, 0.2) is 57.9 Å². The third-order valence-electron chi connectivity index (χ3n) is 4.95. The second-order valence-electron chi connectivity index (χ2n) is 6.78. The fraction of sp³-hybridized carbons (Fsp3) is 0.250. The van der Waals surface area contributed by atoms with Crippen molar-refractivity contribution in [1.82, 2.24) is 14.4 Å². The van der Waals surface area contributed by atoms with Gasteiger partial charge in [0.25, 0.3) is 5.89 Å². The fourth-order valence-electron chi connectivity index (χ4n) is 3.34. The second kappa shape index (κ2) is 7.95. The fourth-order valence-corrected chi connectivity index (χ4v) is 4.98. The predicted octanol–water partition coefficient (Wildman–Crippen LogP) is 3.83.